The van der Waals surface area contributed by atoms with Gasteiger partial charge in [-0.1, -0.05) is 18.6 Å². The molecule has 0 heteroatoms. The van der Waals surface area contributed by atoms with Crippen LogP contribution in [0.5, 0.6) is 0 Å². The van der Waals surface area contributed by atoms with Crippen molar-refractivity contribution in [1.82, 2.24) is 0 Å². The van der Waals surface area contributed by atoms with Crippen molar-refractivity contribution in [2.24, 2.45) is 17.8 Å². The molecule has 3 aliphatic rings. The Morgan fingerprint density at radius 2 is 2.33 bits per heavy atom. The molecule has 0 aromatic rings. The summed E-state index contributed by atoms with van der Waals surface area (Å²) < 4.78 is 0. The van der Waals surface area contributed by atoms with Crippen molar-refractivity contribution in [2.45, 2.75) is 26.7 Å². The van der Waals surface area contributed by atoms with Gasteiger partial charge in [0.05, 0.1) is 0 Å². The van der Waals surface area contributed by atoms with E-state index in [0.29, 0.717) is 0 Å². The Bertz CT molecular complexity index is 155. The zero-order valence-corrected chi connectivity index (χ0v) is 6.22. The second-order valence-electron chi connectivity index (χ2n) is 3.65. The summed E-state index contributed by atoms with van der Waals surface area (Å²) in [5, 5.41) is 0. The van der Waals surface area contributed by atoms with Gasteiger partial charge in [-0.05, 0) is 37.5 Å². The van der Waals surface area contributed by atoms with Crippen LogP contribution in [0.1, 0.15) is 26.7 Å². The summed E-state index contributed by atoms with van der Waals surface area (Å²) in [5.74, 6) is 3.04. The molecule has 3 aliphatic carbocycles. The Morgan fingerprint density at radius 3 is 2.67 bits per heavy atom. The molecule has 0 radical (unpaired) electrons. The molecule has 0 aromatic carbocycles. The first-order chi connectivity index (χ1) is 4.29. The lowest BCUT2D eigenvalue weighted by atomic mass is 9.58. The van der Waals surface area contributed by atoms with Crippen LogP contribution >= 0.6 is 0 Å². The van der Waals surface area contributed by atoms with Crippen molar-refractivity contribution >= 4 is 0 Å². The van der Waals surface area contributed by atoms with Gasteiger partial charge in [0.25, 0.3) is 0 Å². The maximum atomic E-state index is 2.43. The van der Waals surface area contributed by atoms with Gasteiger partial charge in [-0.25, -0.2) is 0 Å². The summed E-state index contributed by atoms with van der Waals surface area (Å²) in [6.45, 7) is 4.69. The minimum absolute atomic E-state index is 0.976. The van der Waals surface area contributed by atoms with Crippen molar-refractivity contribution < 1.29 is 0 Å². The highest BCUT2D eigenvalue weighted by atomic mass is 14.4. The van der Waals surface area contributed by atoms with Gasteiger partial charge in [-0.15, -0.1) is 0 Å². The standard InChI is InChI=1S/C9H14/c1-6-3-4-8-5-9(6)7(8)2/h3,7-9H,4-5H2,1-2H3/t7-,8?,9?/m0/s1. The highest BCUT2D eigenvalue weighted by Crippen LogP contribution is 2.49. The number of fused-ring (bicyclic) bond motifs is 1. The highest BCUT2D eigenvalue weighted by Gasteiger charge is 2.40. The second kappa shape index (κ2) is 1.62. The summed E-state index contributed by atoms with van der Waals surface area (Å²) in [6.07, 6.45) is 5.28. The first-order valence-electron chi connectivity index (χ1n) is 3.95. The smallest absolute Gasteiger partial charge is 0.0175 e. The van der Waals surface area contributed by atoms with Crippen molar-refractivity contribution in [3.05, 3.63) is 11.6 Å². The lowest BCUT2D eigenvalue weighted by Gasteiger charge is -2.47. The molecule has 0 aromatic heterocycles. The average Bonchev–Trinajstić information content (AvgIpc) is 1.86. The minimum Gasteiger partial charge on any atom is -0.0850 e. The van der Waals surface area contributed by atoms with Crippen LogP contribution in [0.25, 0.3) is 0 Å². The maximum Gasteiger partial charge on any atom is -0.0175 e. The van der Waals surface area contributed by atoms with Gasteiger partial charge in [0.2, 0.25) is 0 Å². The molecule has 2 bridgehead atoms. The largest absolute Gasteiger partial charge is 0.0850 e. The van der Waals surface area contributed by atoms with Crippen LogP contribution < -0.4 is 0 Å². The lowest BCUT2D eigenvalue weighted by molar-refractivity contribution is 0.104. The summed E-state index contributed by atoms with van der Waals surface area (Å²) in [6, 6.07) is 0. The van der Waals surface area contributed by atoms with Crippen LogP contribution in [-0.4, -0.2) is 0 Å². The van der Waals surface area contributed by atoms with E-state index in [1.165, 1.54) is 12.8 Å². The fraction of sp³-hybridized carbons (Fsp3) is 0.778. The molecule has 0 N–H and O–H groups in total. The van der Waals surface area contributed by atoms with Crippen LogP contribution in [-0.2, 0) is 0 Å². The van der Waals surface area contributed by atoms with Crippen LogP contribution in [0, 0.1) is 17.8 Å². The predicted octanol–water partition coefficient (Wildman–Crippen LogP) is 2.61. The van der Waals surface area contributed by atoms with Gasteiger partial charge in [-0.2, -0.15) is 0 Å². The van der Waals surface area contributed by atoms with Crippen molar-refractivity contribution in [3.8, 4) is 0 Å². The zero-order chi connectivity index (χ0) is 6.43. The highest BCUT2D eigenvalue weighted by molar-refractivity contribution is 5.16. The fourth-order valence-corrected chi connectivity index (χ4v) is 2.29. The molecule has 9 heavy (non-hydrogen) atoms. The fourth-order valence-electron chi connectivity index (χ4n) is 2.29. The van der Waals surface area contributed by atoms with Crippen LogP contribution in [0.15, 0.2) is 11.6 Å². The Labute approximate surface area is 57.0 Å². The number of hydrogen-bond acceptors (Lipinski definition) is 0. The Balaban J connectivity index is 2.22. The topological polar surface area (TPSA) is 0 Å². The zero-order valence-electron chi connectivity index (χ0n) is 6.22. The third kappa shape index (κ3) is 0.593. The van der Waals surface area contributed by atoms with Crippen LogP contribution in [0.4, 0.5) is 0 Å². The van der Waals surface area contributed by atoms with Gasteiger partial charge in [0, 0.05) is 0 Å². The molecule has 0 heterocycles. The molecule has 50 valence electrons. The molecular weight excluding hydrogens is 108 g/mol. The molecule has 3 rings (SSSR count). The van der Waals surface area contributed by atoms with E-state index in [1.807, 2.05) is 0 Å². The number of allylic oxidation sites excluding steroid dienone is 2. The minimum atomic E-state index is 0.976. The molecule has 2 unspecified atom stereocenters. The molecule has 3 atom stereocenters. The van der Waals surface area contributed by atoms with E-state index in [4.69, 9.17) is 0 Å². The molecule has 1 fully saturated rings. The molecule has 1 saturated carbocycles. The van der Waals surface area contributed by atoms with E-state index < -0.39 is 0 Å². The molecule has 0 nitrogen and oxygen atoms in total. The molecule has 0 spiro atoms. The third-order valence-corrected chi connectivity index (χ3v) is 3.26. The predicted molar refractivity (Wildman–Crippen MR) is 39.1 cm³/mol. The summed E-state index contributed by atoms with van der Waals surface area (Å²) in [4.78, 5) is 0. The SMILES string of the molecule is CC1=CCC2CC1[C@H]2C. The summed E-state index contributed by atoms with van der Waals surface area (Å²) >= 11 is 0. The van der Waals surface area contributed by atoms with E-state index in [0.717, 1.165) is 17.8 Å². The lowest BCUT2D eigenvalue weighted by Crippen LogP contribution is -2.37. The van der Waals surface area contributed by atoms with Crippen LogP contribution in [0.3, 0.4) is 0 Å². The quantitative estimate of drug-likeness (QED) is 0.433. The monoisotopic (exact) mass is 122 g/mol. The summed E-state index contributed by atoms with van der Waals surface area (Å²) in [5.41, 5.74) is 1.66. The van der Waals surface area contributed by atoms with Gasteiger partial charge < -0.3 is 0 Å². The van der Waals surface area contributed by atoms with E-state index in [-0.39, 0.29) is 0 Å². The van der Waals surface area contributed by atoms with Gasteiger partial charge >= 0.3 is 0 Å². The Morgan fingerprint density at radius 1 is 1.56 bits per heavy atom. The third-order valence-electron chi connectivity index (χ3n) is 3.26. The van der Waals surface area contributed by atoms with Crippen molar-refractivity contribution in [3.63, 3.8) is 0 Å². The van der Waals surface area contributed by atoms with E-state index in [1.54, 1.807) is 5.57 Å². The van der Waals surface area contributed by atoms with Gasteiger partial charge in [0.15, 0.2) is 0 Å². The molecular formula is C9H14. The van der Waals surface area contributed by atoms with Crippen LogP contribution in [0.2, 0.25) is 0 Å². The number of rotatable bonds is 0. The van der Waals surface area contributed by atoms with E-state index >= 15 is 0 Å². The molecule has 0 aliphatic heterocycles. The average molecular weight is 122 g/mol. The van der Waals surface area contributed by atoms with Gasteiger partial charge in [-0.3, -0.25) is 0 Å². The Kier molecular flexibility index (Phi) is 0.992. The van der Waals surface area contributed by atoms with Gasteiger partial charge in [0.1, 0.15) is 0 Å². The van der Waals surface area contributed by atoms with E-state index in [2.05, 4.69) is 19.9 Å². The summed E-state index contributed by atoms with van der Waals surface area (Å²) in [7, 11) is 0. The number of hydrogen-bond donors (Lipinski definition) is 0. The van der Waals surface area contributed by atoms with E-state index in [9.17, 15) is 0 Å². The second-order valence-corrected chi connectivity index (χ2v) is 3.65. The molecule has 0 saturated heterocycles. The van der Waals surface area contributed by atoms with Crippen molar-refractivity contribution in [2.75, 3.05) is 0 Å². The first-order valence-corrected chi connectivity index (χ1v) is 3.95. The normalized spacial score (nSPS) is 47.8. The maximum absolute atomic E-state index is 2.43. The Hall–Kier alpha value is -0.260. The molecule has 0 amide bonds. The van der Waals surface area contributed by atoms with Crippen molar-refractivity contribution in [1.29, 1.82) is 0 Å². The first kappa shape index (κ1) is 5.52.